The molecular formula is C27H33N3O4S2. The average molecular weight is 528 g/mol. The van der Waals surface area contributed by atoms with Gasteiger partial charge in [0.15, 0.2) is 0 Å². The highest BCUT2D eigenvalue weighted by Gasteiger charge is 2.19. The lowest BCUT2D eigenvalue weighted by molar-refractivity contribution is 0.0952. The van der Waals surface area contributed by atoms with Crippen LogP contribution in [0.3, 0.4) is 0 Å². The molecule has 36 heavy (non-hydrogen) atoms. The predicted octanol–water partition coefficient (Wildman–Crippen LogP) is 5.13. The van der Waals surface area contributed by atoms with Gasteiger partial charge < -0.3 is 10.3 Å². The van der Waals surface area contributed by atoms with Crippen molar-refractivity contribution in [1.82, 2.24) is 10.3 Å². The van der Waals surface area contributed by atoms with E-state index in [9.17, 15) is 18.0 Å². The molecule has 1 amide bonds. The number of hydrogen-bond acceptors (Lipinski definition) is 5. The number of anilines is 1. The van der Waals surface area contributed by atoms with Gasteiger partial charge in [-0.15, -0.1) is 0 Å². The minimum absolute atomic E-state index is 0.0285. The summed E-state index contributed by atoms with van der Waals surface area (Å²) in [6, 6.07) is 9.74. The number of carbonyl (C=O) groups is 1. The Morgan fingerprint density at radius 2 is 1.78 bits per heavy atom. The summed E-state index contributed by atoms with van der Waals surface area (Å²) >= 11 is 1.97. The predicted molar refractivity (Wildman–Crippen MR) is 148 cm³/mol. The number of H-pyrrole nitrogens is 1. The fourth-order valence-electron chi connectivity index (χ4n) is 4.63. The third-order valence-corrected chi connectivity index (χ3v) is 9.24. The second-order valence-electron chi connectivity index (χ2n) is 9.46. The number of carbonyl (C=O) groups excluding carboxylic acids is 1. The third kappa shape index (κ3) is 6.50. The number of hydrogen-bond donors (Lipinski definition) is 3. The summed E-state index contributed by atoms with van der Waals surface area (Å²) in [6.45, 7) is 4.27. The van der Waals surface area contributed by atoms with E-state index < -0.39 is 21.4 Å². The van der Waals surface area contributed by atoms with Gasteiger partial charge in [0.1, 0.15) is 5.56 Å². The summed E-state index contributed by atoms with van der Waals surface area (Å²) in [6.07, 6.45) is 8.74. The first-order valence-electron chi connectivity index (χ1n) is 12.4. The van der Waals surface area contributed by atoms with Crippen molar-refractivity contribution in [3.63, 3.8) is 0 Å². The summed E-state index contributed by atoms with van der Waals surface area (Å²) in [5.41, 5.74) is 2.26. The quantitative estimate of drug-likeness (QED) is 0.334. The number of fused-ring (bicyclic) bond motifs is 1. The molecular weight excluding hydrogens is 494 g/mol. The molecule has 1 fully saturated rings. The lowest BCUT2D eigenvalue weighted by atomic mass is 10.0. The monoisotopic (exact) mass is 527 g/mol. The number of pyridine rings is 1. The summed E-state index contributed by atoms with van der Waals surface area (Å²) in [7, 11) is -3.92. The fraction of sp³-hybridized carbons (Fsp3) is 0.407. The van der Waals surface area contributed by atoms with Crippen LogP contribution < -0.4 is 15.5 Å². The molecule has 1 heterocycles. The second-order valence-corrected chi connectivity index (χ2v) is 12.6. The number of rotatable bonds is 9. The molecule has 9 heteroatoms. The van der Waals surface area contributed by atoms with Gasteiger partial charge in [-0.3, -0.25) is 14.3 Å². The van der Waals surface area contributed by atoms with E-state index in [1.54, 1.807) is 12.1 Å². The van der Waals surface area contributed by atoms with Gasteiger partial charge in [0, 0.05) is 34.6 Å². The molecule has 0 atom stereocenters. The highest BCUT2D eigenvalue weighted by atomic mass is 32.2. The zero-order valence-corrected chi connectivity index (χ0v) is 22.4. The van der Waals surface area contributed by atoms with E-state index in [-0.39, 0.29) is 15.8 Å². The number of benzene rings is 2. The summed E-state index contributed by atoms with van der Waals surface area (Å²) < 4.78 is 28.6. The molecule has 1 saturated carbocycles. The zero-order chi connectivity index (χ0) is 25.7. The van der Waals surface area contributed by atoms with E-state index in [2.05, 4.69) is 15.0 Å². The van der Waals surface area contributed by atoms with Crippen LogP contribution in [0.5, 0.6) is 0 Å². The molecule has 1 aliphatic carbocycles. The third-order valence-electron chi connectivity index (χ3n) is 6.39. The number of aromatic amines is 1. The van der Waals surface area contributed by atoms with Gasteiger partial charge in [0.05, 0.1) is 4.90 Å². The molecule has 192 valence electrons. The van der Waals surface area contributed by atoms with Crippen molar-refractivity contribution in [3.8, 4) is 0 Å². The van der Waals surface area contributed by atoms with Crippen molar-refractivity contribution < 1.29 is 13.2 Å². The number of amides is 1. The maximum absolute atomic E-state index is 13.1. The van der Waals surface area contributed by atoms with Crippen molar-refractivity contribution in [3.05, 3.63) is 69.5 Å². The first-order chi connectivity index (χ1) is 17.2. The molecule has 0 bridgehead atoms. The van der Waals surface area contributed by atoms with Crippen molar-refractivity contribution in [2.75, 3.05) is 17.0 Å². The van der Waals surface area contributed by atoms with Gasteiger partial charge in [0.2, 0.25) is 5.43 Å². The highest BCUT2D eigenvalue weighted by Crippen LogP contribution is 2.28. The van der Waals surface area contributed by atoms with E-state index in [4.69, 9.17) is 0 Å². The zero-order valence-electron chi connectivity index (χ0n) is 20.7. The Kier molecular flexibility index (Phi) is 8.41. The van der Waals surface area contributed by atoms with Gasteiger partial charge in [-0.25, -0.2) is 8.42 Å². The number of aryl methyl sites for hydroxylation is 2. The van der Waals surface area contributed by atoms with Crippen LogP contribution in [0.1, 0.15) is 60.0 Å². The van der Waals surface area contributed by atoms with Crippen molar-refractivity contribution in [2.45, 2.75) is 62.5 Å². The first kappa shape index (κ1) is 26.3. The number of thioether (sulfide) groups is 1. The number of sulfonamides is 1. The average Bonchev–Trinajstić information content (AvgIpc) is 2.83. The van der Waals surface area contributed by atoms with Crippen LogP contribution in [-0.4, -0.2) is 36.9 Å². The van der Waals surface area contributed by atoms with Crippen LogP contribution in [0.15, 0.2) is 52.3 Å². The molecule has 0 spiro atoms. The van der Waals surface area contributed by atoms with Gasteiger partial charge in [-0.2, -0.15) is 11.8 Å². The normalized spacial score (nSPS) is 14.6. The van der Waals surface area contributed by atoms with Crippen molar-refractivity contribution >= 4 is 44.3 Å². The van der Waals surface area contributed by atoms with Crippen LogP contribution in [-0.2, 0) is 10.0 Å². The largest absolute Gasteiger partial charge is 0.360 e. The first-order valence-corrected chi connectivity index (χ1v) is 14.9. The van der Waals surface area contributed by atoms with E-state index >= 15 is 0 Å². The highest BCUT2D eigenvalue weighted by molar-refractivity contribution is 7.99. The Balaban J connectivity index is 1.44. The summed E-state index contributed by atoms with van der Waals surface area (Å²) in [5.74, 6) is 0.524. The molecule has 0 radical (unpaired) electrons. The minimum Gasteiger partial charge on any atom is -0.360 e. The maximum Gasteiger partial charge on any atom is 0.261 e. The Hall–Kier alpha value is -2.78. The Morgan fingerprint density at radius 3 is 2.50 bits per heavy atom. The van der Waals surface area contributed by atoms with Crippen LogP contribution in [0.2, 0.25) is 0 Å². The van der Waals surface area contributed by atoms with Crippen LogP contribution in [0.25, 0.3) is 10.9 Å². The molecule has 0 aliphatic heterocycles. The van der Waals surface area contributed by atoms with E-state index in [0.29, 0.717) is 17.7 Å². The summed E-state index contributed by atoms with van der Waals surface area (Å²) in [4.78, 5) is 28.7. The lowest BCUT2D eigenvalue weighted by Crippen LogP contribution is -2.30. The van der Waals surface area contributed by atoms with Gasteiger partial charge in [0.25, 0.3) is 15.9 Å². The molecule has 0 unspecified atom stereocenters. The SMILES string of the molecule is Cc1cc(C)cc(NS(=O)(=O)c2ccc3[nH]cc(C(=O)NCCCSC4CCCCC4)c(=O)c3c2)c1. The number of nitrogens with one attached hydrogen (secondary N) is 3. The molecule has 0 saturated heterocycles. The molecule has 7 nitrogen and oxygen atoms in total. The molecule has 1 aromatic heterocycles. The molecule has 3 N–H and O–H groups in total. The Bertz CT molecular complexity index is 1390. The lowest BCUT2D eigenvalue weighted by Gasteiger charge is -2.20. The number of aromatic nitrogens is 1. The van der Waals surface area contributed by atoms with Crippen LogP contribution in [0.4, 0.5) is 5.69 Å². The fourth-order valence-corrected chi connectivity index (χ4v) is 7.01. The van der Waals surface area contributed by atoms with Crippen LogP contribution >= 0.6 is 11.8 Å². The standard InChI is InChI=1S/C27H33N3O4S2/c1-18-13-19(2)15-20(14-18)30-36(33,34)22-9-10-25-23(16-22)26(31)24(17-29-25)27(32)28-11-6-12-35-21-7-4-3-5-8-21/h9-10,13-17,21,30H,3-8,11-12H2,1-2H3,(H,28,32)(H,29,31). The smallest absolute Gasteiger partial charge is 0.261 e. The van der Waals surface area contributed by atoms with Gasteiger partial charge in [-0.1, -0.05) is 25.3 Å². The molecule has 1 aliphatic rings. The van der Waals surface area contributed by atoms with Gasteiger partial charge in [-0.05, 0) is 80.3 Å². The minimum atomic E-state index is -3.92. The molecule has 4 rings (SSSR count). The Morgan fingerprint density at radius 1 is 1.06 bits per heavy atom. The maximum atomic E-state index is 13.1. The van der Waals surface area contributed by atoms with E-state index in [1.807, 2.05) is 31.7 Å². The van der Waals surface area contributed by atoms with Crippen molar-refractivity contribution in [2.24, 2.45) is 0 Å². The van der Waals surface area contributed by atoms with Crippen LogP contribution in [0, 0.1) is 13.8 Å². The topological polar surface area (TPSA) is 108 Å². The summed E-state index contributed by atoms with van der Waals surface area (Å²) in [5, 5.41) is 3.71. The van der Waals surface area contributed by atoms with Gasteiger partial charge >= 0.3 is 0 Å². The van der Waals surface area contributed by atoms with E-state index in [0.717, 1.165) is 28.6 Å². The molecule has 2 aromatic carbocycles. The second kappa shape index (κ2) is 11.5. The molecule has 3 aromatic rings. The Labute approximate surface area is 216 Å². The van der Waals surface area contributed by atoms with Crippen molar-refractivity contribution in [1.29, 1.82) is 0 Å². The van der Waals surface area contributed by atoms with E-state index in [1.165, 1.54) is 56.5 Å².